The third kappa shape index (κ3) is 3.99. The molecule has 0 radical (unpaired) electrons. The predicted octanol–water partition coefficient (Wildman–Crippen LogP) is 0.465. The first-order valence-corrected chi connectivity index (χ1v) is 7.09. The topological polar surface area (TPSA) is 81.4 Å². The molecule has 0 heterocycles. The second-order valence-electron chi connectivity index (χ2n) is 4.09. The van der Waals surface area contributed by atoms with Gasteiger partial charge in [-0.3, -0.25) is 0 Å². The Morgan fingerprint density at radius 3 is 2.47 bits per heavy atom. The van der Waals surface area contributed by atoms with Crippen LogP contribution in [0.15, 0.2) is 29.2 Å². The quantitative estimate of drug-likeness (QED) is 0.725. The molecule has 0 aromatic heterocycles. The minimum atomic E-state index is -3.62. The normalized spacial score (nSPS) is 15.8. The molecule has 0 amide bonds. The molecular formula is C11H16N2O3S. The van der Waals surface area contributed by atoms with Gasteiger partial charge in [-0.1, -0.05) is 0 Å². The second-order valence-corrected chi connectivity index (χ2v) is 5.65. The van der Waals surface area contributed by atoms with Gasteiger partial charge < -0.3 is 10.1 Å². The van der Waals surface area contributed by atoms with Crippen LogP contribution in [0.25, 0.3) is 0 Å². The first-order valence-electron chi connectivity index (χ1n) is 5.55. The van der Waals surface area contributed by atoms with Crippen molar-refractivity contribution >= 4 is 10.0 Å². The monoisotopic (exact) mass is 256 g/mol. The van der Waals surface area contributed by atoms with Crippen LogP contribution in [0.4, 0.5) is 0 Å². The van der Waals surface area contributed by atoms with Crippen molar-refractivity contribution in [3.63, 3.8) is 0 Å². The van der Waals surface area contributed by atoms with Crippen LogP contribution in [0.5, 0.6) is 5.75 Å². The van der Waals surface area contributed by atoms with Gasteiger partial charge in [0.15, 0.2) is 0 Å². The fourth-order valence-electron chi connectivity index (χ4n) is 1.44. The maximum absolute atomic E-state index is 11.0. The van der Waals surface area contributed by atoms with E-state index >= 15 is 0 Å². The molecular weight excluding hydrogens is 240 g/mol. The average Bonchev–Trinajstić information content (AvgIpc) is 3.08. The smallest absolute Gasteiger partial charge is 0.238 e. The lowest BCUT2D eigenvalue weighted by atomic mass is 10.3. The fourth-order valence-corrected chi connectivity index (χ4v) is 1.96. The van der Waals surface area contributed by atoms with E-state index in [0.717, 1.165) is 6.54 Å². The van der Waals surface area contributed by atoms with Gasteiger partial charge in [-0.05, 0) is 37.1 Å². The second kappa shape index (κ2) is 5.03. The largest absolute Gasteiger partial charge is 0.492 e. The number of nitrogens with two attached hydrogens (primary N) is 1. The molecule has 5 nitrogen and oxygen atoms in total. The van der Waals surface area contributed by atoms with Crippen LogP contribution in [-0.2, 0) is 10.0 Å². The lowest BCUT2D eigenvalue weighted by Crippen LogP contribution is -2.22. The Labute approximate surface area is 101 Å². The third-order valence-electron chi connectivity index (χ3n) is 2.53. The zero-order valence-corrected chi connectivity index (χ0v) is 10.2. The standard InChI is InChI=1S/C11H16N2O3S/c12-17(14,15)11-5-3-10(4-6-11)16-8-7-13-9-1-2-9/h3-6,9,13H,1-2,7-8H2,(H2,12,14,15). The molecule has 0 aliphatic heterocycles. The third-order valence-corrected chi connectivity index (χ3v) is 3.46. The molecule has 0 spiro atoms. The molecule has 1 aliphatic carbocycles. The molecule has 0 bridgehead atoms. The first kappa shape index (κ1) is 12.3. The Kier molecular flexibility index (Phi) is 3.66. The number of ether oxygens (including phenoxy) is 1. The molecule has 0 atom stereocenters. The summed E-state index contributed by atoms with van der Waals surface area (Å²) < 4.78 is 27.5. The van der Waals surface area contributed by atoms with E-state index in [9.17, 15) is 8.42 Å². The Bertz CT molecular complexity index is 466. The van der Waals surface area contributed by atoms with Gasteiger partial charge in [-0.25, -0.2) is 13.6 Å². The summed E-state index contributed by atoms with van der Waals surface area (Å²) in [7, 11) is -3.62. The molecule has 2 rings (SSSR count). The van der Waals surface area contributed by atoms with E-state index < -0.39 is 10.0 Å². The van der Waals surface area contributed by atoms with Crippen molar-refractivity contribution in [1.29, 1.82) is 0 Å². The molecule has 1 saturated carbocycles. The lowest BCUT2D eigenvalue weighted by molar-refractivity contribution is 0.313. The SMILES string of the molecule is NS(=O)(=O)c1ccc(OCCNC2CC2)cc1. The highest BCUT2D eigenvalue weighted by atomic mass is 32.2. The van der Waals surface area contributed by atoms with E-state index in [1.807, 2.05) is 0 Å². The number of sulfonamides is 1. The van der Waals surface area contributed by atoms with Crippen molar-refractivity contribution in [1.82, 2.24) is 5.32 Å². The van der Waals surface area contributed by atoms with Gasteiger partial charge in [0.1, 0.15) is 12.4 Å². The number of hydrogen-bond donors (Lipinski definition) is 2. The van der Waals surface area contributed by atoms with E-state index in [1.54, 1.807) is 12.1 Å². The van der Waals surface area contributed by atoms with Crippen LogP contribution in [0.2, 0.25) is 0 Å². The number of benzene rings is 1. The summed E-state index contributed by atoms with van der Waals surface area (Å²) in [4.78, 5) is 0.0981. The van der Waals surface area contributed by atoms with Gasteiger partial charge in [-0.15, -0.1) is 0 Å². The first-order chi connectivity index (χ1) is 8.05. The van der Waals surface area contributed by atoms with Crippen LogP contribution in [0.1, 0.15) is 12.8 Å². The molecule has 6 heteroatoms. The van der Waals surface area contributed by atoms with Crippen molar-refractivity contribution in [2.45, 2.75) is 23.8 Å². The highest BCUT2D eigenvalue weighted by molar-refractivity contribution is 7.89. The van der Waals surface area contributed by atoms with E-state index in [4.69, 9.17) is 9.88 Å². The molecule has 94 valence electrons. The number of rotatable bonds is 6. The minimum absolute atomic E-state index is 0.0981. The van der Waals surface area contributed by atoms with Crippen molar-refractivity contribution in [3.05, 3.63) is 24.3 Å². The molecule has 0 unspecified atom stereocenters. The molecule has 1 aliphatic rings. The zero-order valence-electron chi connectivity index (χ0n) is 9.43. The van der Waals surface area contributed by atoms with E-state index in [0.29, 0.717) is 18.4 Å². The van der Waals surface area contributed by atoms with Gasteiger partial charge in [-0.2, -0.15) is 0 Å². The highest BCUT2D eigenvalue weighted by Crippen LogP contribution is 2.18. The van der Waals surface area contributed by atoms with Crippen molar-refractivity contribution < 1.29 is 13.2 Å². The Morgan fingerprint density at radius 1 is 1.29 bits per heavy atom. The van der Waals surface area contributed by atoms with Crippen molar-refractivity contribution in [2.24, 2.45) is 5.14 Å². The maximum atomic E-state index is 11.0. The Morgan fingerprint density at radius 2 is 1.94 bits per heavy atom. The lowest BCUT2D eigenvalue weighted by Gasteiger charge is -2.07. The number of nitrogens with one attached hydrogen (secondary N) is 1. The number of primary sulfonamides is 1. The van der Waals surface area contributed by atoms with Gasteiger partial charge in [0.25, 0.3) is 0 Å². The van der Waals surface area contributed by atoms with Gasteiger partial charge in [0.05, 0.1) is 4.90 Å². The highest BCUT2D eigenvalue weighted by Gasteiger charge is 2.19. The fraction of sp³-hybridized carbons (Fsp3) is 0.455. The molecule has 1 aromatic rings. The van der Waals surface area contributed by atoms with E-state index in [1.165, 1.54) is 25.0 Å². The van der Waals surface area contributed by atoms with Gasteiger partial charge in [0, 0.05) is 12.6 Å². The molecule has 3 N–H and O–H groups in total. The van der Waals surface area contributed by atoms with Crippen molar-refractivity contribution in [3.8, 4) is 5.75 Å². The van der Waals surface area contributed by atoms with Crippen LogP contribution in [-0.4, -0.2) is 27.6 Å². The minimum Gasteiger partial charge on any atom is -0.492 e. The van der Waals surface area contributed by atoms with Gasteiger partial charge >= 0.3 is 0 Å². The number of hydrogen-bond acceptors (Lipinski definition) is 4. The molecule has 17 heavy (non-hydrogen) atoms. The summed E-state index contributed by atoms with van der Waals surface area (Å²) in [5, 5.41) is 8.31. The Balaban J connectivity index is 1.80. The maximum Gasteiger partial charge on any atom is 0.238 e. The molecule has 0 saturated heterocycles. The predicted molar refractivity (Wildman–Crippen MR) is 64.3 cm³/mol. The summed E-state index contributed by atoms with van der Waals surface area (Å²) in [6.45, 7) is 1.38. The molecule has 1 aromatic carbocycles. The van der Waals surface area contributed by atoms with Crippen LogP contribution < -0.4 is 15.2 Å². The summed E-state index contributed by atoms with van der Waals surface area (Å²) in [6, 6.07) is 6.77. The van der Waals surface area contributed by atoms with Crippen LogP contribution >= 0.6 is 0 Å². The van der Waals surface area contributed by atoms with E-state index in [2.05, 4.69) is 5.32 Å². The van der Waals surface area contributed by atoms with E-state index in [-0.39, 0.29) is 4.90 Å². The van der Waals surface area contributed by atoms with Crippen LogP contribution in [0.3, 0.4) is 0 Å². The summed E-state index contributed by atoms with van der Waals surface area (Å²) in [5.41, 5.74) is 0. The van der Waals surface area contributed by atoms with Crippen LogP contribution in [0, 0.1) is 0 Å². The van der Waals surface area contributed by atoms with Crippen molar-refractivity contribution in [2.75, 3.05) is 13.2 Å². The summed E-state index contributed by atoms with van der Waals surface area (Å²) in [6.07, 6.45) is 2.51. The van der Waals surface area contributed by atoms with Gasteiger partial charge in [0.2, 0.25) is 10.0 Å². The summed E-state index contributed by atoms with van der Waals surface area (Å²) in [5.74, 6) is 0.648. The zero-order chi connectivity index (χ0) is 12.3. The average molecular weight is 256 g/mol. The summed E-state index contributed by atoms with van der Waals surface area (Å²) >= 11 is 0. The molecule has 1 fully saturated rings. The Hall–Kier alpha value is -1.11.